The summed E-state index contributed by atoms with van der Waals surface area (Å²) in [6.45, 7) is 7.55. The normalized spacial score (nSPS) is 19.9. The van der Waals surface area contributed by atoms with Crippen molar-refractivity contribution in [3.8, 4) is 11.5 Å². The van der Waals surface area contributed by atoms with Crippen molar-refractivity contribution < 1.29 is 14.2 Å². The molecule has 1 aromatic rings. The van der Waals surface area contributed by atoms with Crippen LogP contribution in [-0.4, -0.2) is 33.5 Å². The maximum atomic E-state index is 5.88. The van der Waals surface area contributed by atoms with E-state index in [9.17, 15) is 0 Å². The topological polar surface area (TPSA) is 39.7 Å². The molecule has 1 fully saturated rings. The first-order valence-electron chi connectivity index (χ1n) is 7.36. The Hall–Kier alpha value is -1.26. The summed E-state index contributed by atoms with van der Waals surface area (Å²) in [4.78, 5) is 0. The van der Waals surface area contributed by atoms with Crippen molar-refractivity contribution in [1.29, 1.82) is 0 Å². The van der Waals surface area contributed by atoms with E-state index >= 15 is 0 Å². The van der Waals surface area contributed by atoms with Crippen molar-refractivity contribution in [3.63, 3.8) is 0 Å². The lowest BCUT2D eigenvalue weighted by Gasteiger charge is -2.17. The van der Waals surface area contributed by atoms with Gasteiger partial charge in [-0.05, 0) is 37.6 Å². The van der Waals surface area contributed by atoms with E-state index in [4.69, 9.17) is 14.2 Å². The van der Waals surface area contributed by atoms with Crippen molar-refractivity contribution in [2.24, 2.45) is 5.92 Å². The Morgan fingerprint density at radius 3 is 2.90 bits per heavy atom. The lowest BCUT2D eigenvalue weighted by molar-refractivity contribution is 0.165. The maximum absolute atomic E-state index is 5.88. The highest BCUT2D eigenvalue weighted by Crippen LogP contribution is 2.31. The molecule has 1 aliphatic rings. The summed E-state index contributed by atoms with van der Waals surface area (Å²) >= 11 is 0. The van der Waals surface area contributed by atoms with Gasteiger partial charge in [0.25, 0.3) is 0 Å². The van der Waals surface area contributed by atoms with Crippen LogP contribution in [-0.2, 0) is 4.74 Å². The van der Waals surface area contributed by atoms with Crippen LogP contribution in [0.15, 0.2) is 18.2 Å². The molecule has 2 rings (SSSR count). The lowest BCUT2D eigenvalue weighted by Crippen LogP contribution is -2.17. The fourth-order valence-corrected chi connectivity index (χ4v) is 2.42. The summed E-state index contributed by atoms with van der Waals surface area (Å²) in [6, 6.07) is 6.45. The van der Waals surface area contributed by atoms with E-state index in [1.165, 1.54) is 5.56 Å². The van der Waals surface area contributed by atoms with Crippen LogP contribution in [0.5, 0.6) is 11.5 Å². The molecule has 0 aliphatic carbocycles. The second-order valence-corrected chi connectivity index (χ2v) is 5.23. The molecule has 20 heavy (non-hydrogen) atoms. The van der Waals surface area contributed by atoms with Gasteiger partial charge in [-0.15, -0.1) is 0 Å². The average molecular weight is 279 g/mol. The van der Waals surface area contributed by atoms with Crippen LogP contribution >= 0.6 is 0 Å². The van der Waals surface area contributed by atoms with Crippen LogP contribution in [0.1, 0.15) is 31.9 Å². The predicted octanol–water partition coefficient (Wildman–Crippen LogP) is 2.78. The van der Waals surface area contributed by atoms with E-state index in [0.29, 0.717) is 18.6 Å². The van der Waals surface area contributed by atoms with Gasteiger partial charge >= 0.3 is 0 Å². The molecule has 1 heterocycles. The van der Waals surface area contributed by atoms with Gasteiger partial charge < -0.3 is 19.5 Å². The Morgan fingerprint density at radius 1 is 1.40 bits per heavy atom. The van der Waals surface area contributed by atoms with E-state index in [-0.39, 0.29) is 0 Å². The summed E-state index contributed by atoms with van der Waals surface area (Å²) in [5.74, 6) is 2.11. The Bertz CT molecular complexity index is 416. The van der Waals surface area contributed by atoms with Crippen molar-refractivity contribution in [3.05, 3.63) is 23.8 Å². The third kappa shape index (κ3) is 3.87. The molecule has 0 radical (unpaired) electrons. The van der Waals surface area contributed by atoms with E-state index in [0.717, 1.165) is 37.7 Å². The Kier molecular flexibility index (Phi) is 5.68. The Morgan fingerprint density at radius 2 is 2.25 bits per heavy atom. The summed E-state index contributed by atoms with van der Waals surface area (Å²) in [5, 5.41) is 3.40. The molecule has 0 amide bonds. The van der Waals surface area contributed by atoms with Crippen molar-refractivity contribution in [2.75, 3.05) is 33.5 Å². The van der Waals surface area contributed by atoms with Gasteiger partial charge in [-0.3, -0.25) is 0 Å². The Labute approximate surface area is 121 Å². The maximum Gasteiger partial charge on any atom is 0.161 e. The van der Waals surface area contributed by atoms with Crippen molar-refractivity contribution in [1.82, 2.24) is 5.32 Å². The Balaban J connectivity index is 2.01. The molecular formula is C16H25NO3. The molecule has 2 unspecified atom stereocenters. The van der Waals surface area contributed by atoms with Gasteiger partial charge in [-0.1, -0.05) is 13.0 Å². The van der Waals surface area contributed by atoms with Crippen molar-refractivity contribution >= 4 is 0 Å². The SMILES string of the molecule is CCNC(C)c1ccc(OCC2CCOC2)c(OC)c1. The summed E-state index contributed by atoms with van der Waals surface area (Å²) in [5.41, 5.74) is 1.21. The molecule has 1 aliphatic heterocycles. The zero-order valence-corrected chi connectivity index (χ0v) is 12.6. The fraction of sp³-hybridized carbons (Fsp3) is 0.625. The first-order valence-corrected chi connectivity index (χ1v) is 7.36. The van der Waals surface area contributed by atoms with E-state index in [2.05, 4.69) is 25.2 Å². The van der Waals surface area contributed by atoms with Gasteiger partial charge in [0.15, 0.2) is 11.5 Å². The van der Waals surface area contributed by atoms with Gasteiger partial charge in [0, 0.05) is 18.6 Å². The minimum atomic E-state index is 0.311. The van der Waals surface area contributed by atoms with Crippen LogP contribution in [0.2, 0.25) is 0 Å². The molecule has 4 heteroatoms. The largest absolute Gasteiger partial charge is 0.493 e. The summed E-state index contributed by atoms with van der Waals surface area (Å²) in [6.07, 6.45) is 1.08. The number of ether oxygens (including phenoxy) is 3. The second kappa shape index (κ2) is 7.50. The molecule has 0 bridgehead atoms. The van der Waals surface area contributed by atoms with E-state index in [1.54, 1.807) is 7.11 Å². The number of rotatable bonds is 7. The van der Waals surface area contributed by atoms with Gasteiger partial charge in [-0.2, -0.15) is 0 Å². The van der Waals surface area contributed by atoms with Crippen LogP contribution in [0.3, 0.4) is 0 Å². The first-order chi connectivity index (χ1) is 9.74. The lowest BCUT2D eigenvalue weighted by atomic mass is 10.1. The van der Waals surface area contributed by atoms with Crippen LogP contribution in [0, 0.1) is 5.92 Å². The predicted molar refractivity (Wildman–Crippen MR) is 79.5 cm³/mol. The van der Waals surface area contributed by atoms with E-state index < -0.39 is 0 Å². The monoisotopic (exact) mass is 279 g/mol. The minimum absolute atomic E-state index is 0.311. The molecule has 112 valence electrons. The van der Waals surface area contributed by atoms with Crippen LogP contribution < -0.4 is 14.8 Å². The smallest absolute Gasteiger partial charge is 0.161 e. The number of benzene rings is 1. The molecule has 0 saturated carbocycles. The molecule has 1 N–H and O–H groups in total. The van der Waals surface area contributed by atoms with Crippen LogP contribution in [0.25, 0.3) is 0 Å². The zero-order valence-electron chi connectivity index (χ0n) is 12.6. The van der Waals surface area contributed by atoms with Gasteiger partial charge in [0.05, 0.1) is 20.3 Å². The number of hydrogen-bond acceptors (Lipinski definition) is 4. The standard InChI is InChI=1S/C16H25NO3/c1-4-17-12(2)14-5-6-15(16(9-14)18-3)20-11-13-7-8-19-10-13/h5-6,9,12-13,17H,4,7-8,10-11H2,1-3H3. The third-order valence-corrected chi connectivity index (χ3v) is 3.70. The highest BCUT2D eigenvalue weighted by molar-refractivity contribution is 5.43. The summed E-state index contributed by atoms with van der Waals surface area (Å²) < 4.78 is 16.7. The second-order valence-electron chi connectivity index (χ2n) is 5.23. The molecular weight excluding hydrogens is 254 g/mol. The minimum Gasteiger partial charge on any atom is -0.493 e. The molecule has 0 aromatic heterocycles. The van der Waals surface area contributed by atoms with Gasteiger partial charge in [0.2, 0.25) is 0 Å². The highest BCUT2D eigenvalue weighted by atomic mass is 16.5. The van der Waals surface area contributed by atoms with E-state index in [1.807, 2.05) is 12.1 Å². The summed E-state index contributed by atoms with van der Waals surface area (Å²) in [7, 11) is 1.68. The molecule has 1 saturated heterocycles. The van der Waals surface area contributed by atoms with Gasteiger partial charge in [0.1, 0.15) is 0 Å². The number of methoxy groups -OCH3 is 1. The van der Waals surface area contributed by atoms with Gasteiger partial charge in [-0.25, -0.2) is 0 Å². The quantitative estimate of drug-likeness (QED) is 0.833. The third-order valence-electron chi connectivity index (χ3n) is 3.70. The molecule has 2 atom stereocenters. The fourth-order valence-electron chi connectivity index (χ4n) is 2.42. The van der Waals surface area contributed by atoms with Crippen LogP contribution in [0.4, 0.5) is 0 Å². The molecule has 4 nitrogen and oxygen atoms in total. The van der Waals surface area contributed by atoms with Crippen molar-refractivity contribution in [2.45, 2.75) is 26.3 Å². The number of nitrogens with one attached hydrogen (secondary N) is 1. The molecule has 1 aromatic carbocycles. The molecule has 0 spiro atoms. The highest BCUT2D eigenvalue weighted by Gasteiger charge is 2.17. The zero-order chi connectivity index (χ0) is 14.4. The average Bonchev–Trinajstić information content (AvgIpc) is 2.98. The number of hydrogen-bond donors (Lipinski definition) is 1. The first kappa shape index (κ1) is 15.1.